The van der Waals surface area contributed by atoms with Gasteiger partial charge in [-0.25, -0.2) is 15.3 Å². The van der Waals surface area contributed by atoms with E-state index in [2.05, 4.69) is 11.5 Å². The number of rotatable bonds is 7. The molecule has 162 valence electrons. The molecule has 2 aromatic carbocycles. The van der Waals surface area contributed by atoms with E-state index in [4.69, 9.17) is 19.3 Å². The first-order valence-corrected chi connectivity index (χ1v) is 10.4. The summed E-state index contributed by atoms with van der Waals surface area (Å²) < 4.78 is 10.3. The van der Waals surface area contributed by atoms with Crippen molar-refractivity contribution in [1.29, 1.82) is 0 Å². The molecule has 0 aromatic heterocycles. The second-order valence-corrected chi connectivity index (χ2v) is 7.97. The number of aliphatic hydroxyl groups excluding tert-OH is 1. The number of β-amino-alcohol motifs (C(OH)–C–C–N with tert-alkyl or cyclic N) is 1. The highest BCUT2D eigenvalue weighted by molar-refractivity contribution is 6.01. The minimum Gasteiger partial charge on any atom is -0.468 e. The molecule has 1 saturated heterocycles. The summed E-state index contributed by atoms with van der Waals surface area (Å²) in [6.45, 7) is 0.548. The zero-order valence-electron chi connectivity index (χ0n) is 17.3. The number of carbonyl (C=O) groups is 1. The smallest absolute Gasteiger partial charge is 0.223 e. The van der Waals surface area contributed by atoms with Crippen LogP contribution in [-0.4, -0.2) is 48.8 Å². The van der Waals surface area contributed by atoms with E-state index in [1.165, 1.54) is 5.56 Å². The number of hydrogen-bond donors (Lipinski definition) is 2. The lowest BCUT2D eigenvalue weighted by atomic mass is 10.0. The van der Waals surface area contributed by atoms with Gasteiger partial charge in [0.2, 0.25) is 12.1 Å². The number of nitrogens with zero attached hydrogens (tertiary/aromatic N) is 2. The third-order valence-electron chi connectivity index (χ3n) is 6.15. The van der Waals surface area contributed by atoms with E-state index < -0.39 is 6.23 Å². The summed E-state index contributed by atoms with van der Waals surface area (Å²) in [4.78, 5) is 24.7. The number of methoxy groups -OCH3 is 1. The van der Waals surface area contributed by atoms with Crippen LogP contribution in [0.1, 0.15) is 40.9 Å². The molecule has 2 heterocycles. The average molecular weight is 423 g/mol. The predicted molar refractivity (Wildman–Crippen MR) is 112 cm³/mol. The van der Waals surface area contributed by atoms with Crippen molar-refractivity contribution in [2.45, 2.75) is 25.1 Å². The van der Waals surface area contributed by atoms with Crippen LogP contribution in [0.3, 0.4) is 0 Å². The summed E-state index contributed by atoms with van der Waals surface area (Å²) in [5, 5.41) is 9.38. The van der Waals surface area contributed by atoms with Crippen LogP contribution in [0, 0.1) is 5.92 Å². The molecule has 31 heavy (non-hydrogen) atoms. The van der Waals surface area contributed by atoms with Crippen LogP contribution in [0.15, 0.2) is 47.5 Å². The average Bonchev–Trinajstić information content (AvgIpc) is 3.48. The molecule has 3 unspecified atom stereocenters. The van der Waals surface area contributed by atoms with Crippen molar-refractivity contribution >= 4 is 11.7 Å². The van der Waals surface area contributed by atoms with Gasteiger partial charge in [-0.15, -0.1) is 0 Å². The Balaban J connectivity index is 1.39. The monoisotopic (exact) mass is 423 g/mol. The summed E-state index contributed by atoms with van der Waals surface area (Å²) in [6, 6.07) is 13.7. The second kappa shape index (κ2) is 8.30. The van der Waals surface area contributed by atoms with E-state index in [9.17, 15) is 9.90 Å². The lowest BCUT2D eigenvalue weighted by Gasteiger charge is -2.24. The molecule has 3 aliphatic rings. The minimum atomic E-state index is -0.448. The molecule has 0 radical (unpaired) electrons. The van der Waals surface area contributed by atoms with Gasteiger partial charge in [-0.2, -0.15) is 0 Å². The van der Waals surface area contributed by atoms with E-state index in [1.54, 1.807) is 7.11 Å². The molecular weight excluding hydrogens is 398 g/mol. The summed E-state index contributed by atoms with van der Waals surface area (Å²) in [5.74, 6) is 1.78. The largest absolute Gasteiger partial charge is 0.468 e. The maximum Gasteiger partial charge on any atom is 0.223 e. The third kappa shape index (κ3) is 3.56. The molecule has 0 saturated carbocycles. The van der Waals surface area contributed by atoms with Crippen LogP contribution < -0.4 is 10.2 Å². The number of ether oxygens (including phenoxy) is 2. The van der Waals surface area contributed by atoms with Crippen LogP contribution in [0.4, 0.5) is 0 Å². The van der Waals surface area contributed by atoms with Crippen molar-refractivity contribution in [3.05, 3.63) is 64.7 Å². The van der Waals surface area contributed by atoms with Gasteiger partial charge in [0.05, 0.1) is 12.6 Å². The number of amides is 1. The number of benzene rings is 2. The molecule has 2 aliphatic heterocycles. The van der Waals surface area contributed by atoms with Crippen LogP contribution >= 0.6 is 0 Å². The van der Waals surface area contributed by atoms with Gasteiger partial charge >= 0.3 is 0 Å². The van der Waals surface area contributed by atoms with E-state index in [-0.39, 0.29) is 31.3 Å². The molecule has 5 rings (SSSR count). The molecule has 1 aliphatic carbocycles. The van der Waals surface area contributed by atoms with Gasteiger partial charge in [0.15, 0.2) is 12.6 Å². The summed E-state index contributed by atoms with van der Waals surface area (Å²) in [7, 11) is 1.58. The highest BCUT2D eigenvalue weighted by Crippen LogP contribution is 2.48. The molecule has 8 heteroatoms. The van der Waals surface area contributed by atoms with E-state index in [1.807, 2.05) is 41.3 Å². The summed E-state index contributed by atoms with van der Waals surface area (Å²) >= 11 is 0. The second-order valence-electron chi connectivity index (χ2n) is 7.97. The quantitative estimate of drug-likeness (QED) is 0.663. The molecular formula is C23H25N3O5. The Morgan fingerprint density at radius 3 is 2.84 bits per heavy atom. The number of amidine groups is 1. The number of hydroxylamine groups is 1. The van der Waals surface area contributed by atoms with Crippen molar-refractivity contribution in [1.82, 2.24) is 10.4 Å². The van der Waals surface area contributed by atoms with Crippen molar-refractivity contribution < 1.29 is 24.2 Å². The number of likely N-dealkylation sites (tertiary alicyclic amines) is 1. The Labute approximate surface area is 180 Å². The van der Waals surface area contributed by atoms with Crippen molar-refractivity contribution in [3.63, 3.8) is 0 Å². The van der Waals surface area contributed by atoms with Crippen LogP contribution in [-0.2, 0) is 20.8 Å². The normalized spacial score (nSPS) is 24.1. The molecule has 0 spiro atoms. The highest BCUT2D eigenvalue weighted by atomic mass is 16.7. The number of carbonyl (C=O) groups excluding carboxylic acids is 1. The third-order valence-corrected chi connectivity index (χ3v) is 6.15. The lowest BCUT2D eigenvalue weighted by Crippen LogP contribution is -2.30. The number of aliphatic imine (C=N–C) groups is 1. The van der Waals surface area contributed by atoms with Gasteiger partial charge in [0, 0.05) is 31.2 Å². The molecule has 1 fully saturated rings. The zero-order valence-corrected chi connectivity index (χ0v) is 17.3. The molecule has 2 aromatic rings. The molecule has 3 atom stereocenters. The SMILES string of the molecule is COCOc1ccc(C2N=C(c3cccc4c3CC3CC(=O)N(CCO)C43)NO2)cc1. The first-order chi connectivity index (χ1) is 15.2. The first kappa shape index (κ1) is 20.0. The fourth-order valence-corrected chi connectivity index (χ4v) is 4.84. The first-order valence-electron chi connectivity index (χ1n) is 10.4. The van der Waals surface area contributed by atoms with Crippen LogP contribution in [0.25, 0.3) is 0 Å². The molecule has 8 nitrogen and oxygen atoms in total. The standard InChI is InChI=1S/C23H25N3O5/c1-29-13-30-16-7-5-14(6-8-16)23-24-22(25-31-23)18-4-2-3-17-19(18)11-15-12-20(28)26(9-10-27)21(15)17/h2-8,15,21,23,27H,9-13H2,1H3,(H,24,25). The van der Waals surface area contributed by atoms with E-state index >= 15 is 0 Å². The number of aliphatic hydroxyl groups is 1. The Morgan fingerprint density at radius 1 is 1.23 bits per heavy atom. The zero-order chi connectivity index (χ0) is 21.4. The maximum atomic E-state index is 12.4. The summed E-state index contributed by atoms with van der Waals surface area (Å²) in [5.41, 5.74) is 7.26. The number of hydrogen-bond acceptors (Lipinski definition) is 7. The fraction of sp³-hybridized carbons (Fsp3) is 0.391. The minimum absolute atomic E-state index is 0.0247. The molecule has 2 N–H and O–H groups in total. The van der Waals surface area contributed by atoms with Crippen molar-refractivity contribution in [2.75, 3.05) is 27.1 Å². The van der Waals surface area contributed by atoms with Gasteiger partial charge in [-0.05, 0) is 35.6 Å². The topological polar surface area (TPSA) is 92.6 Å². The highest BCUT2D eigenvalue weighted by Gasteiger charge is 2.46. The summed E-state index contributed by atoms with van der Waals surface area (Å²) in [6.07, 6.45) is 0.895. The Kier molecular flexibility index (Phi) is 5.35. The van der Waals surface area contributed by atoms with E-state index in [0.29, 0.717) is 18.8 Å². The van der Waals surface area contributed by atoms with Gasteiger partial charge in [0.25, 0.3) is 0 Å². The van der Waals surface area contributed by atoms with Crippen molar-refractivity contribution in [3.8, 4) is 5.75 Å². The fourth-order valence-electron chi connectivity index (χ4n) is 4.84. The van der Waals surface area contributed by atoms with Gasteiger partial charge < -0.3 is 19.5 Å². The lowest BCUT2D eigenvalue weighted by molar-refractivity contribution is -0.129. The van der Waals surface area contributed by atoms with Gasteiger partial charge in [-0.1, -0.05) is 30.3 Å². The van der Waals surface area contributed by atoms with E-state index in [0.717, 1.165) is 28.9 Å². The molecule has 1 amide bonds. The Hall–Kier alpha value is -2.94. The van der Waals surface area contributed by atoms with Gasteiger partial charge in [-0.3, -0.25) is 4.79 Å². The van der Waals surface area contributed by atoms with Crippen LogP contribution in [0.2, 0.25) is 0 Å². The molecule has 0 bridgehead atoms. The Bertz CT molecular complexity index is 1010. The number of fused-ring (bicyclic) bond motifs is 3. The predicted octanol–water partition coefficient (Wildman–Crippen LogP) is 2.09. The maximum absolute atomic E-state index is 12.4. The van der Waals surface area contributed by atoms with Crippen molar-refractivity contribution in [2.24, 2.45) is 10.9 Å². The van der Waals surface area contributed by atoms with Crippen LogP contribution in [0.5, 0.6) is 5.75 Å². The number of nitrogens with one attached hydrogen (secondary N) is 1. The van der Waals surface area contributed by atoms with Gasteiger partial charge in [0.1, 0.15) is 5.75 Å². The Morgan fingerprint density at radius 2 is 2.06 bits per heavy atom.